The van der Waals surface area contributed by atoms with Crippen LogP contribution in [0.1, 0.15) is 11.7 Å². The smallest absolute Gasteiger partial charge is 0.287 e. The molecule has 7 heteroatoms. The van der Waals surface area contributed by atoms with Crippen molar-refractivity contribution in [3.8, 4) is 5.75 Å². The summed E-state index contributed by atoms with van der Waals surface area (Å²) in [5, 5.41) is 32.4. The first-order valence-electron chi connectivity index (χ1n) is 5.87. The Balaban J connectivity index is 1.94. The molecule has 0 amide bonds. The molecule has 0 aliphatic carbocycles. The Kier molecular flexibility index (Phi) is 4.11. The summed E-state index contributed by atoms with van der Waals surface area (Å²) in [4.78, 5) is 13.8. The first kappa shape index (κ1) is 13.8. The number of anilines is 1. The van der Waals surface area contributed by atoms with Gasteiger partial charge in [-0.15, -0.1) is 0 Å². The molecule has 2 rings (SSSR count). The van der Waals surface area contributed by atoms with Crippen molar-refractivity contribution in [2.45, 2.75) is 6.10 Å². The molecule has 0 saturated carbocycles. The van der Waals surface area contributed by atoms with Crippen LogP contribution in [0, 0.1) is 10.1 Å². The molecule has 0 aliphatic heterocycles. The Labute approximate surface area is 114 Å². The van der Waals surface area contributed by atoms with Crippen LogP contribution in [0.3, 0.4) is 0 Å². The predicted molar refractivity (Wildman–Crippen MR) is 72.4 cm³/mol. The summed E-state index contributed by atoms with van der Waals surface area (Å²) in [5.74, 6) is 0.569. The van der Waals surface area contributed by atoms with Gasteiger partial charge in [-0.2, -0.15) is 0 Å². The number of phenols is 1. The number of hydrogen-bond acceptors (Lipinski definition) is 6. The summed E-state index contributed by atoms with van der Waals surface area (Å²) < 4.78 is 0. The molecule has 104 valence electrons. The number of nitrogens with one attached hydrogen (secondary N) is 1. The molecular formula is C13H13N3O4. The topological polar surface area (TPSA) is 109 Å². The second-order valence-corrected chi connectivity index (χ2v) is 4.15. The van der Waals surface area contributed by atoms with E-state index >= 15 is 0 Å². The third-order valence-electron chi connectivity index (χ3n) is 2.71. The largest absolute Gasteiger partial charge is 0.508 e. The highest BCUT2D eigenvalue weighted by atomic mass is 16.6. The zero-order valence-corrected chi connectivity index (χ0v) is 10.4. The summed E-state index contributed by atoms with van der Waals surface area (Å²) >= 11 is 0. The van der Waals surface area contributed by atoms with Gasteiger partial charge in [-0.1, -0.05) is 12.1 Å². The lowest BCUT2D eigenvalue weighted by molar-refractivity contribution is -0.385. The van der Waals surface area contributed by atoms with Crippen molar-refractivity contribution in [3.63, 3.8) is 0 Å². The number of rotatable bonds is 5. The van der Waals surface area contributed by atoms with E-state index < -0.39 is 11.0 Å². The fourth-order valence-corrected chi connectivity index (χ4v) is 1.61. The fourth-order valence-electron chi connectivity index (χ4n) is 1.61. The van der Waals surface area contributed by atoms with E-state index in [2.05, 4.69) is 10.3 Å². The summed E-state index contributed by atoms with van der Waals surface area (Å²) in [6.07, 6.45) is 0.377. The van der Waals surface area contributed by atoms with E-state index in [4.69, 9.17) is 5.11 Å². The standard InChI is InChI=1S/C13H13N3O4/c17-11-4-1-9(2-5-11)12(18)8-15-13-6-3-10(7-14-13)16(19)20/h1-7,12,17-18H,8H2,(H,14,15). The average molecular weight is 275 g/mol. The van der Waals surface area contributed by atoms with Crippen LogP contribution >= 0.6 is 0 Å². The maximum Gasteiger partial charge on any atom is 0.287 e. The quantitative estimate of drug-likeness (QED) is 0.567. The zero-order chi connectivity index (χ0) is 14.5. The van der Waals surface area contributed by atoms with Crippen molar-refractivity contribution in [2.75, 3.05) is 11.9 Å². The lowest BCUT2D eigenvalue weighted by Crippen LogP contribution is -2.12. The van der Waals surface area contributed by atoms with Gasteiger partial charge in [-0.3, -0.25) is 10.1 Å². The molecule has 0 fully saturated rings. The van der Waals surface area contributed by atoms with Gasteiger partial charge in [0.05, 0.1) is 11.0 Å². The van der Waals surface area contributed by atoms with E-state index in [0.717, 1.165) is 6.20 Å². The highest BCUT2D eigenvalue weighted by molar-refractivity contribution is 5.40. The lowest BCUT2D eigenvalue weighted by atomic mass is 10.1. The number of aliphatic hydroxyl groups excluding tert-OH is 1. The van der Waals surface area contributed by atoms with E-state index in [-0.39, 0.29) is 18.0 Å². The molecule has 1 heterocycles. The van der Waals surface area contributed by atoms with Crippen LogP contribution in [0.2, 0.25) is 0 Å². The Morgan fingerprint density at radius 2 is 1.95 bits per heavy atom. The number of aromatic nitrogens is 1. The summed E-state index contributed by atoms with van der Waals surface area (Å²) in [6.45, 7) is 0.204. The number of aliphatic hydroxyl groups is 1. The molecule has 0 aliphatic rings. The minimum Gasteiger partial charge on any atom is -0.508 e. The highest BCUT2D eigenvalue weighted by Gasteiger charge is 2.09. The number of nitrogens with zero attached hydrogens (tertiary/aromatic N) is 2. The van der Waals surface area contributed by atoms with Crippen molar-refractivity contribution in [3.05, 3.63) is 58.3 Å². The summed E-state index contributed by atoms with van der Waals surface area (Å²) in [6, 6.07) is 9.02. The third-order valence-corrected chi connectivity index (χ3v) is 2.71. The second kappa shape index (κ2) is 5.98. The molecule has 1 aromatic carbocycles. The molecule has 20 heavy (non-hydrogen) atoms. The fraction of sp³-hybridized carbons (Fsp3) is 0.154. The van der Waals surface area contributed by atoms with Gasteiger partial charge in [0.15, 0.2) is 0 Å². The molecule has 1 atom stereocenters. The molecule has 3 N–H and O–H groups in total. The molecule has 0 saturated heterocycles. The van der Waals surface area contributed by atoms with Crippen molar-refractivity contribution < 1.29 is 15.1 Å². The van der Waals surface area contributed by atoms with Crippen LogP contribution in [-0.2, 0) is 0 Å². The van der Waals surface area contributed by atoms with Gasteiger partial charge in [0.25, 0.3) is 5.69 Å². The van der Waals surface area contributed by atoms with Crippen LogP contribution in [0.4, 0.5) is 11.5 Å². The number of pyridine rings is 1. The maximum absolute atomic E-state index is 10.5. The number of aromatic hydroxyl groups is 1. The molecule has 0 spiro atoms. The maximum atomic E-state index is 10.5. The first-order valence-corrected chi connectivity index (χ1v) is 5.87. The number of benzene rings is 1. The minimum absolute atomic E-state index is 0.0883. The van der Waals surface area contributed by atoms with Gasteiger partial charge in [-0.25, -0.2) is 4.98 Å². The molecule has 2 aromatic rings. The Hall–Kier alpha value is -2.67. The number of hydrogen-bond donors (Lipinski definition) is 3. The van der Waals surface area contributed by atoms with Gasteiger partial charge in [0, 0.05) is 12.6 Å². The zero-order valence-electron chi connectivity index (χ0n) is 10.4. The number of nitro groups is 1. The first-order chi connectivity index (χ1) is 9.56. The number of phenolic OH excluding ortho intramolecular Hbond substituents is 1. The van der Waals surface area contributed by atoms with E-state index in [1.807, 2.05) is 0 Å². The van der Waals surface area contributed by atoms with Crippen molar-refractivity contribution in [1.29, 1.82) is 0 Å². The van der Waals surface area contributed by atoms with Crippen LogP contribution in [0.5, 0.6) is 5.75 Å². The monoisotopic (exact) mass is 275 g/mol. The third kappa shape index (κ3) is 3.42. The Morgan fingerprint density at radius 1 is 1.25 bits per heavy atom. The lowest BCUT2D eigenvalue weighted by Gasteiger charge is -2.12. The summed E-state index contributed by atoms with van der Waals surface area (Å²) in [7, 11) is 0. The van der Waals surface area contributed by atoms with Gasteiger partial charge in [0.1, 0.15) is 17.8 Å². The Morgan fingerprint density at radius 3 is 2.50 bits per heavy atom. The average Bonchev–Trinajstić information content (AvgIpc) is 2.46. The second-order valence-electron chi connectivity index (χ2n) is 4.15. The van der Waals surface area contributed by atoms with E-state index in [1.54, 1.807) is 12.1 Å². The van der Waals surface area contributed by atoms with Gasteiger partial charge in [0.2, 0.25) is 0 Å². The predicted octanol–water partition coefficient (Wildman–Crippen LogP) is 1.84. The molecule has 1 unspecified atom stereocenters. The minimum atomic E-state index is -0.771. The van der Waals surface area contributed by atoms with Crippen LogP contribution < -0.4 is 5.32 Å². The van der Waals surface area contributed by atoms with Crippen molar-refractivity contribution in [2.24, 2.45) is 0 Å². The van der Waals surface area contributed by atoms with E-state index in [9.17, 15) is 15.2 Å². The normalized spacial score (nSPS) is 11.8. The van der Waals surface area contributed by atoms with Crippen molar-refractivity contribution in [1.82, 2.24) is 4.98 Å². The van der Waals surface area contributed by atoms with Crippen LogP contribution in [-0.4, -0.2) is 26.7 Å². The van der Waals surface area contributed by atoms with Gasteiger partial charge < -0.3 is 15.5 Å². The van der Waals surface area contributed by atoms with Gasteiger partial charge >= 0.3 is 0 Å². The summed E-state index contributed by atoms with van der Waals surface area (Å²) in [5.41, 5.74) is 0.562. The molecule has 0 bridgehead atoms. The van der Waals surface area contributed by atoms with Gasteiger partial charge in [-0.05, 0) is 23.8 Å². The van der Waals surface area contributed by atoms with Crippen molar-refractivity contribution >= 4 is 11.5 Å². The van der Waals surface area contributed by atoms with E-state index in [0.29, 0.717) is 11.4 Å². The Bertz CT molecular complexity index is 584. The van der Waals surface area contributed by atoms with Crippen LogP contribution in [0.25, 0.3) is 0 Å². The highest BCUT2D eigenvalue weighted by Crippen LogP contribution is 2.18. The van der Waals surface area contributed by atoms with E-state index in [1.165, 1.54) is 24.3 Å². The molecule has 7 nitrogen and oxygen atoms in total. The molecule has 1 aromatic heterocycles. The SMILES string of the molecule is O=[N+]([O-])c1ccc(NCC(O)c2ccc(O)cc2)nc1. The van der Waals surface area contributed by atoms with Crippen LogP contribution in [0.15, 0.2) is 42.6 Å². The molecule has 0 radical (unpaired) electrons. The molecular weight excluding hydrogens is 262 g/mol.